The maximum absolute atomic E-state index is 10.8. The lowest BCUT2D eigenvalue weighted by Gasteiger charge is -1.95. The van der Waals surface area contributed by atoms with E-state index in [1.54, 1.807) is 0 Å². The molecule has 1 saturated heterocycles. The third-order valence-electron chi connectivity index (χ3n) is 1.26. The third kappa shape index (κ3) is 2.01. The van der Waals surface area contributed by atoms with Crippen molar-refractivity contribution in [2.24, 2.45) is 0 Å². The number of thioether (sulfide) groups is 2. The number of nitrogens with zero attached hydrogens (tertiary/aromatic N) is 1. The molecule has 0 bridgehead atoms. The first-order valence-corrected chi connectivity index (χ1v) is 5.25. The van der Waals surface area contributed by atoms with Gasteiger partial charge in [-0.2, -0.15) is 0 Å². The van der Waals surface area contributed by atoms with Gasteiger partial charge in [0.2, 0.25) is 5.78 Å². The van der Waals surface area contributed by atoms with Gasteiger partial charge in [0, 0.05) is 18.4 Å². The zero-order valence-electron chi connectivity index (χ0n) is 6.40. The molecule has 0 aromatic heterocycles. The minimum Gasteiger partial charge on any atom is -0.287 e. The zero-order valence-corrected chi connectivity index (χ0v) is 8.04. The number of hydrogen-bond acceptors (Lipinski definition) is 5. The Balaban J connectivity index is 2.97. The van der Waals surface area contributed by atoms with E-state index in [-0.39, 0.29) is 5.70 Å². The standard InChI is InChI=1S/C6H7NO3S2/c1-4(8)5(7(9)10)6-11-2-3-12-6/h2-3H2,1H3. The molecule has 0 aromatic carbocycles. The molecular weight excluding hydrogens is 198 g/mol. The molecule has 0 unspecified atom stereocenters. The number of ketones is 1. The van der Waals surface area contributed by atoms with E-state index in [9.17, 15) is 14.9 Å². The summed E-state index contributed by atoms with van der Waals surface area (Å²) in [6.07, 6.45) is 0. The van der Waals surface area contributed by atoms with Crippen LogP contribution in [0.2, 0.25) is 0 Å². The van der Waals surface area contributed by atoms with Crippen molar-refractivity contribution in [3.63, 3.8) is 0 Å². The maximum Gasteiger partial charge on any atom is 0.331 e. The normalized spacial score (nSPS) is 16.2. The molecule has 0 aliphatic carbocycles. The molecule has 12 heavy (non-hydrogen) atoms. The van der Waals surface area contributed by atoms with Crippen LogP contribution in [0.5, 0.6) is 0 Å². The molecule has 0 spiro atoms. The quantitative estimate of drug-likeness (QED) is 0.388. The molecule has 6 heteroatoms. The molecule has 0 atom stereocenters. The van der Waals surface area contributed by atoms with Gasteiger partial charge >= 0.3 is 5.70 Å². The predicted octanol–water partition coefficient (Wildman–Crippen LogP) is 1.50. The van der Waals surface area contributed by atoms with E-state index in [1.807, 2.05) is 0 Å². The Morgan fingerprint density at radius 1 is 1.50 bits per heavy atom. The van der Waals surface area contributed by atoms with Gasteiger partial charge in [0.25, 0.3) is 0 Å². The third-order valence-corrected chi connectivity index (χ3v) is 3.95. The van der Waals surface area contributed by atoms with Gasteiger partial charge in [-0.25, -0.2) is 0 Å². The van der Waals surface area contributed by atoms with E-state index in [0.29, 0.717) is 4.24 Å². The van der Waals surface area contributed by atoms with Crippen molar-refractivity contribution in [2.75, 3.05) is 11.5 Å². The lowest BCUT2D eigenvalue weighted by Crippen LogP contribution is -2.08. The van der Waals surface area contributed by atoms with Crippen molar-refractivity contribution in [2.45, 2.75) is 6.92 Å². The first-order valence-electron chi connectivity index (χ1n) is 3.28. The lowest BCUT2D eigenvalue weighted by atomic mass is 10.4. The molecular formula is C6H7NO3S2. The molecule has 1 rings (SSSR count). The highest BCUT2D eigenvalue weighted by Gasteiger charge is 2.26. The fourth-order valence-corrected chi connectivity index (χ4v) is 3.37. The largest absolute Gasteiger partial charge is 0.331 e. The summed E-state index contributed by atoms with van der Waals surface area (Å²) in [5.74, 6) is 1.24. The number of carbonyl (C=O) groups is 1. The molecule has 0 amide bonds. The molecule has 0 aromatic rings. The highest BCUT2D eigenvalue weighted by molar-refractivity contribution is 8.25. The monoisotopic (exact) mass is 205 g/mol. The number of hydrogen-bond donors (Lipinski definition) is 0. The van der Waals surface area contributed by atoms with Gasteiger partial charge in [0.15, 0.2) is 0 Å². The second kappa shape index (κ2) is 3.95. The summed E-state index contributed by atoms with van der Waals surface area (Å²) in [6, 6.07) is 0. The summed E-state index contributed by atoms with van der Waals surface area (Å²) in [4.78, 5) is 20.7. The summed E-state index contributed by atoms with van der Waals surface area (Å²) >= 11 is 2.77. The molecule has 0 N–H and O–H groups in total. The molecule has 0 saturated carbocycles. The fraction of sp³-hybridized carbons (Fsp3) is 0.500. The zero-order chi connectivity index (χ0) is 9.14. The van der Waals surface area contributed by atoms with E-state index in [0.717, 1.165) is 11.5 Å². The highest BCUT2D eigenvalue weighted by Crippen LogP contribution is 2.38. The van der Waals surface area contributed by atoms with E-state index >= 15 is 0 Å². The van der Waals surface area contributed by atoms with Crippen LogP contribution in [0.15, 0.2) is 9.93 Å². The average Bonchev–Trinajstić information content (AvgIpc) is 2.37. The predicted molar refractivity (Wildman–Crippen MR) is 49.6 cm³/mol. The second-order valence-electron chi connectivity index (χ2n) is 2.15. The summed E-state index contributed by atoms with van der Waals surface area (Å²) < 4.78 is 0.563. The number of allylic oxidation sites excluding steroid dienone is 1. The van der Waals surface area contributed by atoms with Gasteiger partial charge in [0.05, 0.1) is 4.92 Å². The fourth-order valence-electron chi connectivity index (χ4n) is 0.794. The van der Waals surface area contributed by atoms with Gasteiger partial charge in [-0.3, -0.25) is 14.9 Å². The van der Waals surface area contributed by atoms with Gasteiger partial charge < -0.3 is 0 Å². The van der Waals surface area contributed by atoms with E-state index < -0.39 is 10.7 Å². The Kier molecular flexibility index (Phi) is 3.16. The van der Waals surface area contributed by atoms with Crippen LogP contribution >= 0.6 is 23.5 Å². The van der Waals surface area contributed by atoms with Crippen LogP contribution in [0.25, 0.3) is 0 Å². The summed E-state index contributed by atoms with van der Waals surface area (Å²) in [5, 5.41) is 10.4. The van der Waals surface area contributed by atoms with Crippen LogP contribution < -0.4 is 0 Å². The summed E-state index contributed by atoms with van der Waals surface area (Å²) in [6.45, 7) is 1.23. The Bertz CT molecular complexity index is 238. The molecule has 66 valence electrons. The van der Waals surface area contributed by atoms with Crippen LogP contribution in [-0.2, 0) is 4.79 Å². The lowest BCUT2D eigenvalue weighted by molar-refractivity contribution is -0.418. The minimum atomic E-state index is -0.594. The van der Waals surface area contributed by atoms with Gasteiger partial charge in [-0.1, -0.05) is 0 Å². The second-order valence-corrected chi connectivity index (χ2v) is 4.62. The van der Waals surface area contributed by atoms with Crippen molar-refractivity contribution in [1.82, 2.24) is 0 Å². The highest BCUT2D eigenvalue weighted by atomic mass is 32.2. The topological polar surface area (TPSA) is 60.2 Å². The summed E-state index contributed by atoms with van der Waals surface area (Å²) in [5.41, 5.74) is -0.248. The van der Waals surface area contributed by atoms with Gasteiger partial charge in [-0.05, 0) is 0 Å². The molecule has 1 aliphatic heterocycles. The van der Waals surface area contributed by atoms with Gasteiger partial charge in [0.1, 0.15) is 4.24 Å². The molecule has 1 aliphatic rings. The van der Waals surface area contributed by atoms with Crippen LogP contribution in [0, 0.1) is 10.1 Å². The first-order chi connectivity index (χ1) is 5.63. The van der Waals surface area contributed by atoms with Gasteiger partial charge in [-0.15, -0.1) is 23.5 Å². The smallest absolute Gasteiger partial charge is 0.287 e. The van der Waals surface area contributed by atoms with E-state index in [2.05, 4.69) is 0 Å². The van der Waals surface area contributed by atoms with Crippen molar-refractivity contribution >= 4 is 29.3 Å². The number of rotatable bonds is 2. The average molecular weight is 205 g/mol. The molecule has 4 nitrogen and oxygen atoms in total. The maximum atomic E-state index is 10.8. The number of Topliss-reactive ketones (excluding diaryl/α,β-unsaturated/α-hetero) is 1. The van der Waals surface area contributed by atoms with Crippen molar-refractivity contribution < 1.29 is 9.72 Å². The molecule has 1 fully saturated rings. The van der Waals surface area contributed by atoms with Crippen molar-refractivity contribution in [1.29, 1.82) is 0 Å². The summed E-state index contributed by atoms with van der Waals surface area (Å²) in [7, 11) is 0. The Morgan fingerprint density at radius 3 is 2.33 bits per heavy atom. The van der Waals surface area contributed by atoms with Crippen molar-refractivity contribution in [3.8, 4) is 0 Å². The number of nitro groups is 1. The SMILES string of the molecule is CC(=O)C(=C1SCCS1)[N+](=O)[O-]. The Hall–Kier alpha value is -0.490. The Morgan fingerprint density at radius 2 is 2.00 bits per heavy atom. The van der Waals surface area contributed by atoms with Crippen LogP contribution in [0.1, 0.15) is 6.92 Å². The van der Waals surface area contributed by atoms with Crippen LogP contribution in [-0.4, -0.2) is 22.2 Å². The number of carbonyl (C=O) groups excluding carboxylic acids is 1. The first kappa shape index (κ1) is 9.60. The molecule has 0 radical (unpaired) electrons. The van der Waals surface area contributed by atoms with Crippen LogP contribution in [0.3, 0.4) is 0 Å². The Labute approximate surface area is 77.9 Å². The van der Waals surface area contributed by atoms with Crippen LogP contribution in [0.4, 0.5) is 0 Å². The van der Waals surface area contributed by atoms with E-state index in [1.165, 1.54) is 30.4 Å². The van der Waals surface area contributed by atoms with E-state index in [4.69, 9.17) is 0 Å². The molecule has 1 heterocycles. The van der Waals surface area contributed by atoms with Crippen molar-refractivity contribution in [3.05, 3.63) is 20.0 Å². The minimum absolute atomic E-state index is 0.248.